The molecule has 0 aromatic heterocycles. The predicted molar refractivity (Wildman–Crippen MR) is 130 cm³/mol. The molecule has 0 radical (unpaired) electrons. The lowest BCUT2D eigenvalue weighted by atomic mass is 9.90. The number of benzene rings is 2. The maximum Gasteiger partial charge on any atom is 0.257 e. The van der Waals surface area contributed by atoms with Gasteiger partial charge < -0.3 is 14.8 Å². The van der Waals surface area contributed by atoms with E-state index in [4.69, 9.17) is 9.47 Å². The Bertz CT molecular complexity index is 1020. The minimum atomic E-state index is -0.0886. The summed E-state index contributed by atoms with van der Waals surface area (Å²) >= 11 is 0. The summed E-state index contributed by atoms with van der Waals surface area (Å²) in [5.41, 5.74) is 7.00. The molecule has 1 amide bonds. The molecule has 168 valence electrons. The van der Waals surface area contributed by atoms with Crippen LogP contribution < -0.4 is 10.1 Å². The quantitative estimate of drug-likeness (QED) is 0.603. The molecule has 1 saturated heterocycles. The molecule has 2 aliphatic heterocycles. The van der Waals surface area contributed by atoms with Crippen LogP contribution in [0.15, 0.2) is 48.6 Å². The summed E-state index contributed by atoms with van der Waals surface area (Å²) in [5, 5.41) is 2.95. The van der Waals surface area contributed by atoms with Crippen molar-refractivity contribution in [1.82, 2.24) is 5.32 Å². The highest BCUT2D eigenvalue weighted by Gasteiger charge is 2.19. The van der Waals surface area contributed by atoms with Crippen LogP contribution in [0.5, 0.6) is 5.75 Å². The van der Waals surface area contributed by atoms with Gasteiger partial charge in [-0.25, -0.2) is 0 Å². The molecule has 0 aliphatic carbocycles. The van der Waals surface area contributed by atoms with Crippen molar-refractivity contribution in [2.75, 3.05) is 19.8 Å². The van der Waals surface area contributed by atoms with E-state index >= 15 is 0 Å². The molecule has 4 rings (SSSR count). The van der Waals surface area contributed by atoms with E-state index in [2.05, 4.69) is 61.7 Å². The first-order chi connectivity index (χ1) is 15.6. The number of aryl methyl sites for hydroxylation is 1. The molecule has 1 unspecified atom stereocenters. The average molecular weight is 432 g/mol. The molecule has 1 N–H and O–H groups in total. The van der Waals surface area contributed by atoms with E-state index in [1.165, 1.54) is 16.7 Å². The number of allylic oxidation sites excluding steroid dienone is 2. The zero-order chi connectivity index (χ0) is 22.3. The van der Waals surface area contributed by atoms with Gasteiger partial charge in [0.2, 0.25) is 0 Å². The number of amides is 1. The smallest absolute Gasteiger partial charge is 0.257 e. The Morgan fingerprint density at radius 1 is 1.09 bits per heavy atom. The Labute approximate surface area is 191 Å². The second-order valence-corrected chi connectivity index (χ2v) is 8.61. The summed E-state index contributed by atoms with van der Waals surface area (Å²) in [6.45, 7) is 5.69. The highest BCUT2D eigenvalue weighted by Crippen LogP contribution is 2.35. The molecule has 2 heterocycles. The van der Waals surface area contributed by atoms with Gasteiger partial charge in [-0.1, -0.05) is 30.4 Å². The largest absolute Gasteiger partial charge is 0.484 e. The Kier molecular flexibility index (Phi) is 7.43. The third-order valence-corrected chi connectivity index (χ3v) is 6.18. The highest BCUT2D eigenvalue weighted by atomic mass is 16.5. The van der Waals surface area contributed by atoms with Crippen LogP contribution in [0.4, 0.5) is 0 Å². The van der Waals surface area contributed by atoms with Crippen molar-refractivity contribution < 1.29 is 14.3 Å². The first-order valence-corrected chi connectivity index (χ1v) is 11.7. The van der Waals surface area contributed by atoms with Gasteiger partial charge in [0.15, 0.2) is 6.61 Å². The molecule has 1 fully saturated rings. The zero-order valence-electron chi connectivity index (χ0n) is 19.2. The summed E-state index contributed by atoms with van der Waals surface area (Å²) < 4.78 is 12.0. The third-order valence-electron chi connectivity index (χ3n) is 6.18. The minimum absolute atomic E-state index is 0.0178. The second-order valence-electron chi connectivity index (χ2n) is 8.61. The Morgan fingerprint density at radius 2 is 2.00 bits per heavy atom. The summed E-state index contributed by atoms with van der Waals surface area (Å²) in [6.07, 6.45) is 11.7. The van der Waals surface area contributed by atoms with E-state index < -0.39 is 0 Å². The summed E-state index contributed by atoms with van der Waals surface area (Å²) in [4.78, 5) is 12.3. The number of nitrogens with one attached hydrogen (secondary N) is 1. The zero-order valence-corrected chi connectivity index (χ0v) is 19.2. The second kappa shape index (κ2) is 10.6. The maximum atomic E-state index is 12.3. The van der Waals surface area contributed by atoms with Crippen LogP contribution >= 0.6 is 0 Å². The van der Waals surface area contributed by atoms with Crippen molar-refractivity contribution in [1.29, 1.82) is 0 Å². The molecular weight excluding hydrogens is 398 g/mol. The molecule has 32 heavy (non-hydrogen) atoms. The lowest BCUT2D eigenvalue weighted by Crippen LogP contribution is -2.29. The normalized spacial score (nSPS) is 22.1. The van der Waals surface area contributed by atoms with Crippen molar-refractivity contribution in [3.05, 3.63) is 76.4 Å². The predicted octanol–water partition coefficient (Wildman–Crippen LogP) is 5.99. The molecule has 0 spiro atoms. The Balaban J connectivity index is 1.79. The molecule has 4 heteroatoms. The van der Waals surface area contributed by atoms with Gasteiger partial charge in [0.25, 0.3) is 5.91 Å². The van der Waals surface area contributed by atoms with Crippen molar-refractivity contribution in [2.24, 2.45) is 0 Å². The summed E-state index contributed by atoms with van der Waals surface area (Å²) in [5.74, 6) is 0.622. The Hall–Kier alpha value is -2.85. The van der Waals surface area contributed by atoms with Crippen LogP contribution in [0.2, 0.25) is 0 Å². The monoisotopic (exact) mass is 431 g/mol. The van der Waals surface area contributed by atoms with E-state index in [9.17, 15) is 4.79 Å². The van der Waals surface area contributed by atoms with Crippen LogP contribution in [0.1, 0.15) is 72.9 Å². The van der Waals surface area contributed by atoms with E-state index in [1.807, 2.05) is 12.1 Å². The Morgan fingerprint density at radius 3 is 2.81 bits per heavy atom. The number of fused-ring (bicyclic) bond motifs is 4. The third kappa shape index (κ3) is 5.49. The van der Waals surface area contributed by atoms with Gasteiger partial charge in [0.1, 0.15) is 5.75 Å². The molecule has 4 nitrogen and oxygen atoms in total. The van der Waals surface area contributed by atoms with Crippen LogP contribution in [0.3, 0.4) is 0 Å². The van der Waals surface area contributed by atoms with Crippen LogP contribution in [0.25, 0.3) is 11.6 Å². The fourth-order valence-corrected chi connectivity index (χ4v) is 4.43. The van der Waals surface area contributed by atoms with Gasteiger partial charge in [-0.05, 0) is 104 Å². The number of ether oxygens (including phenoxy) is 2. The molecule has 1 atom stereocenters. The molecule has 2 aromatic carbocycles. The number of hydrogen-bond acceptors (Lipinski definition) is 3. The van der Waals surface area contributed by atoms with Crippen LogP contribution in [-0.2, 0) is 9.53 Å². The standard InChI is InChI=1S/C28H33NO3/c1-3-25-22-16-23(27-10-6-8-14-31-27)18-24(17-22)32-19-28(30)29-13-7-4-5-9-21-12-11-20(2)26(25)15-21/h3,5,9,11-12,15-18,27H,4,6-8,10,13-14,19H2,1-2H3,(H,29,30)/b9-5-,25-3+. The molecule has 4 bridgehead atoms. The lowest BCUT2D eigenvalue weighted by Gasteiger charge is -2.24. The SMILES string of the molecule is C/C=C1\c2cc(cc(C3CCCCO3)c2)OCC(=O)NCCC/C=C\c2ccc(C)c1c2. The van der Waals surface area contributed by atoms with E-state index in [0.29, 0.717) is 12.3 Å². The fraction of sp³-hybridized carbons (Fsp3) is 0.393. The van der Waals surface area contributed by atoms with Gasteiger partial charge in [0.05, 0.1) is 6.10 Å². The van der Waals surface area contributed by atoms with Gasteiger partial charge in [0, 0.05) is 13.2 Å². The van der Waals surface area contributed by atoms with Crippen molar-refractivity contribution in [2.45, 2.75) is 52.1 Å². The first kappa shape index (κ1) is 22.3. The maximum absolute atomic E-state index is 12.3. The number of hydrogen-bond donors (Lipinski definition) is 1. The molecule has 2 aliphatic rings. The van der Waals surface area contributed by atoms with Gasteiger partial charge in [-0.15, -0.1) is 0 Å². The van der Waals surface area contributed by atoms with Crippen molar-refractivity contribution in [3.63, 3.8) is 0 Å². The van der Waals surface area contributed by atoms with E-state index in [-0.39, 0.29) is 18.6 Å². The van der Waals surface area contributed by atoms with Crippen LogP contribution in [-0.4, -0.2) is 25.7 Å². The van der Waals surface area contributed by atoms with Crippen molar-refractivity contribution >= 4 is 17.6 Å². The van der Waals surface area contributed by atoms with Crippen LogP contribution in [0, 0.1) is 6.92 Å². The summed E-state index contributed by atoms with van der Waals surface area (Å²) in [6, 6.07) is 12.9. The van der Waals surface area contributed by atoms with Gasteiger partial charge >= 0.3 is 0 Å². The lowest BCUT2D eigenvalue weighted by molar-refractivity contribution is -0.123. The van der Waals surface area contributed by atoms with E-state index in [1.54, 1.807) is 0 Å². The molecule has 0 saturated carbocycles. The first-order valence-electron chi connectivity index (χ1n) is 11.7. The van der Waals surface area contributed by atoms with Crippen molar-refractivity contribution in [3.8, 4) is 5.75 Å². The fourth-order valence-electron chi connectivity index (χ4n) is 4.43. The van der Waals surface area contributed by atoms with Gasteiger partial charge in [-0.2, -0.15) is 0 Å². The highest BCUT2D eigenvalue weighted by molar-refractivity contribution is 5.83. The average Bonchev–Trinajstić information content (AvgIpc) is 2.82. The summed E-state index contributed by atoms with van der Waals surface area (Å²) in [7, 11) is 0. The molecule has 2 aromatic rings. The number of carbonyl (C=O) groups excluding carboxylic acids is 1. The van der Waals surface area contributed by atoms with E-state index in [0.717, 1.165) is 55.4 Å². The molecular formula is C28H33NO3. The number of rotatable bonds is 1. The number of carbonyl (C=O) groups is 1. The topological polar surface area (TPSA) is 47.6 Å². The van der Waals surface area contributed by atoms with Gasteiger partial charge in [-0.3, -0.25) is 4.79 Å². The minimum Gasteiger partial charge on any atom is -0.484 e.